The van der Waals surface area contributed by atoms with E-state index < -0.39 is 27.8 Å². The molecule has 0 spiro atoms. The standard InChI is InChI=1S/C14H16N2O5S/c1-15-22(20,21)9-3-2-8-4-5-16(12(8)6-9)13(17)10-7-11(10)14(18)19/h2-3,6,10-11,15H,4-5,7H2,1H3,(H,18,19)/t10-,11-/m1/s1. The number of rotatable bonds is 4. The highest BCUT2D eigenvalue weighted by atomic mass is 32.2. The first kappa shape index (κ1) is 15.0. The molecule has 3 rings (SSSR count). The van der Waals surface area contributed by atoms with Gasteiger partial charge in [0.05, 0.1) is 16.7 Å². The Hall–Kier alpha value is -1.93. The van der Waals surface area contributed by atoms with Crippen molar-refractivity contribution >= 4 is 27.6 Å². The third-order valence-electron chi connectivity index (χ3n) is 4.22. The van der Waals surface area contributed by atoms with Gasteiger partial charge in [0.1, 0.15) is 0 Å². The van der Waals surface area contributed by atoms with Gasteiger partial charge in [0.25, 0.3) is 0 Å². The van der Waals surface area contributed by atoms with E-state index >= 15 is 0 Å². The van der Waals surface area contributed by atoms with Crippen LogP contribution in [0.25, 0.3) is 0 Å². The van der Waals surface area contributed by atoms with Gasteiger partial charge in [-0.05, 0) is 37.6 Å². The average molecular weight is 324 g/mol. The van der Waals surface area contributed by atoms with Crippen LogP contribution in [0.4, 0.5) is 5.69 Å². The van der Waals surface area contributed by atoms with Crippen molar-refractivity contribution in [1.82, 2.24) is 4.72 Å². The summed E-state index contributed by atoms with van der Waals surface area (Å²) in [6.07, 6.45) is 1.000. The number of carbonyl (C=O) groups is 2. The zero-order chi connectivity index (χ0) is 16.1. The summed E-state index contributed by atoms with van der Waals surface area (Å²) in [5, 5.41) is 8.94. The predicted octanol–water partition coefficient (Wildman–Crippen LogP) is 0.204. The molecule has 1 aromatic rings. The number of anilines is 1. The largest absolute Gasteiger partial charge is 0.481 e. The van der Waals surface area contributed by atoms with Crippen LogP contribution in [-0.2, 0) is 26.0 Å². The molecule has 1 saturated carbocycles. The number of carboxylic acid groups (broad SMARTS) is 1. The number of fused-ring (bicyclic) bond motifs is 1. The lowest BCUT2D eigenvalue weighted by Gasteiger charge is -2.18. The molecule has 0 bridgehead atoms. The third-order valence-corrected chi connectivity index (χ3v) is 5.63. The van der Waals surface area contributed by atoms with Crippen molar-refractivity contribution < 1.29 is 23.1 Å². The molecule has 0 radical (unpaired) electrons. The Balaban J connectivity index is 1.89. The first-order chi connectivity index (χ1) is 10.3. The molecule has 118 valence electrons. The van der Waals surface area contributed by atoms with E-state index in [-0.39, 0.29) is 10.8 Å². The molecule has 0 unspecified atom stereocenters. The minimum atomic E-state index is -3.58. The number of hydrogen-bond donors (Lipinski definition) is 2. The van der Waals surface area contributed by atoms with Crippen molar-refractivity contribution in [3.8, 4) is 0 Å². The van der Waals surface area contributed by atoms with E-state index in [0.29, 0.717) is 25.1 Å². The van der Waals surface area contributed by atoms with Crippen LogP contribution in [0.1, 0.15) is 12.0 Å². The molecule has 1 amide bonds. The highest BCUT2D eigenvalue weighted by molar-refractivity contribution is 7.89. The van der Waals surface area contributed by atoms with Crippen LogP contribution >= 0.6 is 0 Å². The first-order valence-corrected chi connectivity index (χ1v) is 8.44. The molecule has 0 aromatic heterocycles. The summed E-state index contributed by atoms with van der Waals surface area (Å²) >= 11 is 0. The van der Waals surface area contributed by atoms with Crippen molar-refractivity contribution in [3.05, 3.63) is 23.8 Å². The van der Waals surface area contributed by atoms with Gasteiger partial charge in [-0.3, -0.25) is 9.59 Å². The molecular weight excluding hydrogens is 308 g/mol. The molecule has 2 atom stereocenters. The second kappa shape index (κ2) is 5.06. The van der Waals surface area contributed by atoms with Crippen LogP contribution in [0.15, 0.2) is 23.1 Å². The predicted molar refractivity (Wildman–Crippen MR) is 78.0 cm³/mol. The molecule has 2 N–H and O–H groups in total. The van der Waals surface area contributed by atoms with Gasteiger partial charge in [0.2, 0.25) is 15.9 Å². The lowest BCUT2D eigenvalue weighted by atomic mass is 10.2. The summed E-state index contributed by atoms with van der Waals surface area (Å²) in [6.45, 7) is 0.458. The van der Waals surface area contributed by atoms with Gasteiger partial charge in [-0.2, -0.15) is 0 Å². The zero-order valence-corrected chi connectivity index (χ0v) is 12.8. The van der Waals surface area contributed by atoms with Gasteiger partial charge < -0.3 is 10.0 Å². The fraction of sp³-hybridized carbons (Fsp3) is 0.429. The molecule has 0 saturated heterocycles. The van der Waals surface area contributed by atoms with Crippen LogP contribution in [0.5, 0.6) is 0 Å². The van der Waals surface area contributed by atoms with E-state index in [1.165, 1.54) is 24.1 Å². The maximum absolute atomic E-state index is 12.4. The van der Waals surface area contributed by atoms with Gasteiger partial charge in [-0.15, -0.1) is 0 Å². The minimum Gasteiger partial charge on any atom is -0.481 e. The lowest BCUT2D eigenvalue weighted by Crippen LogP contribution is -2.31. The summed E-state index contributed by atoms with van der Waals surface area (Å²) in [6, 6.07) is 4.69. The third kappa shape index (κ3) is 2.38. The van der Waals surface area contributed by atoms with Crippen molar-refractivity contribution in [1.29, 1.82) is 0 Å². The van der Waals surface area contributed by atoms with Gasteiger partial charge in [0.15, 0.2) is 0 Å². The molecule has 8 heteroatoms. The van der Waals surface area contributed by atoms with Gasteiger partial charge in [0, 0.05) is 12.2 Å². The van der Waals surface area contributed by atoms with E-state index in [9.17, 15) is 18.0 Å². The van der Waals surface area contributed by atoms with Gasteiger partial charge in [-0.25, -0.2) is 13.1 Å². The maximum Gasteiger partial charge on any atom is 0.307 e. The van der Waals surface area contributed by atoms with Gasteiger partial charge in [-0.1, -0.05) is 6.07 Å². The fourth-order valence-electron chi connectivity index (χ4n) is 2.81. The normalized spacial score (nSPS) is 23.2. The molecule has 1 aromatic carbocycles. The summed E-state index contributed by atoms with van der Waals surface area (Å²) in [4.78, 5) is 24.9. The molecule has 1 aliphatic carbocycles. The van der Waals surface area contributed by atoms with E-state index in [1.54, 1.807) is 6.07 Å². The molecule has 2 aliphatic rings. The van der Waals surface area contributed by atoms with E-state index in [2.05, 4.69) is 4.72 Å². The molecule has 1 fully saturated rings. The van der Waals surface area contributed by atoms with Crippen molar-refractivity contribution in [2.24, 2.45) is 11.8 Å². The Labute approximate surface area is 128 Å². The highest BCUT2D eigenvalue weighted by Gasteiger charge is 2.50. The monoisotopic (exact) mass is 324 g/mol. The maximum atomic E-state index is 12.4. The first-order valence-electron chi connectivity index (χ1n) is 6.96. The van der Waals surface area contributed by atoms with Crippen LogP contribution in [0.2, 0.25) is 0 Å². The van der Waals surface area contributed by atoms with Crippen LogP contribution in [0.3, 0.4) is 0 Å². The van der Waals surface area contributed by atoms with E-state index in [1.807, 2.05) is 0 Å². The van der Waals surface area contributed by atoms with Crippen molar-refractivity contribution in [3.63, 3.8) is 0 Å². The SMILES string of the molecule is CNS(=O)(=O)c1ccc2c(c1)N(C(=O)[C@@H]1C[C@H]1C(=O)O)CC2. The van der Waals surface area contributed by atoms with Crippen LogP contribution in [0, 0.1) is 11.8 Å². The molecule has 7 nitrogen and oxygen atoms in total. The Morgan fingerprint density at radius 1 is 1.32 bits per heavy atom. The molecule has 1 heterocycles. The van der Waals surface area contributed by atoms with Gasteiger partial charge >= 0.3 is 5.97 Å². The number of sulfonamides is 1. The fourth-order valence-corrected chi connectivity index (χ4v) is 3.56. The second-order valence-corrected chi connectivity index (χ2v) is 7.41. The number of nitrogens with zero attached hydrogens (tertiary/aromatic N) is 1. The lowest BCUT2D eigenvalue weighted by molar-refractivity contribution is -0.140. The summed E-state index contributed by atoms with van der Waals surface area (Å²) in [5.41, 5.74) is 1.47. The van der Waals surface area contributed by atoms with Crippen LogP contribution < -0.4 is 9.62 Å². The minimum absolute atomic E-state index is 0.0963. The number of amides is 1. The topological polar surface area (TPSA) is 104 Å². The quantitative estimate of drug-likeness (QED) is 0.823. The Morgan fingerprint density at radius 2 is 2.05 bits per heavy atom. The number of hydrogen-bond acceptors (Lipinski definition) is 4. The summed E-state index contributed by atoms with van der Waals surface area (Å²) < 4.78 is 26.0. The Kier molecular flexibility index (Phi) is 3.45. The second-order valence-electron chi connectivity index (χ2n) is 5.52. The Morgan fingerprint density at radius 3 is 2.64 bits per heavy atom. The average Bonchev–Trinajstić information content (AvgIpc) is 3.19. The summed E-state index contributed by atoms with van der Waals surface area (Å²) in [5.74, 6) is -2.29. The summed E-state index contributed by atoms with van der Waals surface area (Å²) in [7, 11) is -2.25. The number of carboxylic acids is 1. The number of aliphatic carboxylic acids is 1. The molecule has 1 aliphatic heterocycles. The van der Waals surface area contributed by atoms with E-state index in [4.69, 9.17) is 5.11 Å². The number of benzene rings is 1. The van der Waals surface area contributed by atoms with Crippen LogP contribution in [-0.4, -0.2) is 39.0 Å². The zero-order valence-electron chi connectivity index (χ0n) is 11.9. The number of carbonyl (C=O) groups excluding carboxylic acids is 1. The van der Waals surface area contributed by atoms with Crippen molar-refractivity contribution in [2.75, 3.05) is 18.5 Å². The smallest absolute Gasteiger partial charge is 0.307 e. The molecular formula is C14H16N2O5S. The Bertz CT molecular complexity index is 758. The molecule has 22 heavy (non-hydrogen) atoms. The highest BCUT2D eigenvalue weighted by Crippen LogP contribution is 2.42. The van der Waals surface area contributed by atoms with E-state index in [0.717, 1.165) is 5.56 Å². The van der Waals surface area contributed by atoms with Crippen molar-refractivity contribution in [2.45, 2.75) is 17.7 Å². The number of nitrogens with one attached hydrogen (secondary N) is 1.